The molecule has 0 bridgehead atoms. The lowest BCUT2D eigenvalue weighted by molar-refractivity contribution is -0.0387. The normalized spacial score (nSPS) is 13.0. The molecule has 3 heteroatoms. The van der Waals surface area contributed by atoms with Gasteiger partial charge in [0.1, 0.15) is 12.4 Å². The Bertz CT molecular complexity index is 361. The highest BCUT2D eigenvalue weighted by atomic mass is 16.5. The van der Waals surface area contributed by atoms with Gasteiger partial charge in [0.05, 0.1) is 11.9 Å². The van der Waals surface area contributed by atoms with Crippen LogP contribution in [0.2, 0.25) is 0 Å². The molecule has 0 atom stereocenters. The van der Waals surface area contributed by atoms with E-state index in [4.69, 9.17) is 9.15 Å². The second-order valence-electron chi connectivity index (χ2n) is 6.37. The molecule has 0 aromatic carbocycles. The highest BCUT2D eigenvalue weighted by molar-refractivity contribution is 5.16. The molecule has 1 heterocycles. The maximum absolute atomic E-state index is 5.87. The molecule has 0 radical (unpaired) electrons. The Kier molecular flexibility index (Phi) is 5.00. The first kappa shape index (κ1) is 15.3. The van der Waals surface area contributed by atoms with Crippen LogP contribution in [0, 0.1) is 0 Å². The predicted molar refractivity (Wildman–Crippen MR) is 74.5 cm³/mol. The van der Waals surface area contributed by atoms with Crippen LogP contribution in [-0.2, 0) is 17.9 Å². The zero-order chi connectivity index (χ0) is 13.8. The first-order chi connectivity index (χ1) is 8.23. The molecule has 0 saturated carbocycles. The van der Waals surface area contributed by atoms with E-state index in [1.54, 1.807) is 6.26 Å². The maximum atomic E-state index is 5.87. The van der Waals surface area contributed by atoms with E-state index in [9.17, 15) is 0 Å². The third-order valence-electron chi connectivity index (χ3n) is 3.09. The summed E-state index contributed by atoms with van der Waals surface area (Å²) in [6.45, 7) is 14.1. The fourth-order valence-electron chi connectivity index (χ4n) is 1.37. The number of furan rings is 1. The molecule has 0 aliphatic rings. The van der Waals surface area contributed by atoms with Gasteiger partial charge in [-0.25, -0.2) is 0 Å². The molecule has 18 heavy (non-hydrogen) atoms. The van der Waals surface area contributed by atoms with Gasteiger partial charge < -0.3 is 14.5 Å². The molecule has 0 saturated heterocycles. The lowest BCUT2D eigenvalue weighted by Crippen LogP contribution is -2.35. The summed E-state index contributed by atoms with van der Waals surface area (Å²) in [5.74, 6) is 0.924. The van der Waals surface area contributed by atoms with Gasteiger partial charge in [0.25, 0.3) is 0 Å². The van der Waals surface area contributed by atoms with Gasteiger partial charge in [-0.2, -0.15) is 0 Å². The second kappa shape index (κ2) is 5.89. The molecule has 1 rings (SSSR count). The van der Waals surface area contributed by atoms with Crippen molar-refractivity contribution in [3.05, 3.63) is 23.7 Å². The first-order valence-electron chi connectivity index (χ1n) is 6.68. The Balaban J connectivity index is 2.55. The number of hydrogen-bond donors (Lipinski definition) is 1. The van der Waals surface area contributed by atoms with Crippen molar-refractivity contribution in [1.82, 2.24) is 5.32 Å². The van der Waals surface area contributed by atoms with E-state index < -0.39 is 0 Å². The van der Waals surface area contributed by atoms with E-state index in [0.29, 0.717) is 6.61 Å². The molecular formula is C15H27NO2. The highest BCUT2D eigenvalue weighted by Gasteiger charge is 2.18. The van der Waals surface area contributed by atoms with Gasteiger partial charge in [-0.15, -0.1) is 0 Å². The van der Waals surface area contributed by atoms with Gasteiger partial charge in [0.2, 0.25) is 0 Å². The molecule has 104 valence electrons. The molecule has 0 aliphatic carbocycles. The molecule has 3 nitrogen and oxygen atoms in total. The van der Waals surface area contributed by atoms with Crippen LogP contribution in [0.25, 0.3) is 0 Å². The van der Waals surface area contributed by atoms with Crippen LogP contribution in [-0.4, -0.2) is 11.1 Å². The third-order valence-corrected chi connectivity index (χ3v) is 3.09. The number of ether oxygens (including phenoxy) is 1. The Morgan fingerprint density at radius 2 is 1.89 bits per heavy atom. The molecule has 0 spiro atoms. The van der Waals surface area contributed by atoms with Crippen LogP contribution in [0.5, 0.6) is 0 Å². The average molecular weight is 253 g/mol. The molecule has 1 aromatic heterocycles. The maximum Gasteiger partial charge on any atom is 0.133 e. The van der Waals surface area contributed by atoms with Gasteiger partial charge in [-0.05, 0) is 47.1 Å². The minimum Gasteiger partial charge on any atom is -0.467 e. The van der Waals surface area contributed by atoms with Gasteiger partial charge in [0, 0.05) is 17.6 Å². The van der Waals surface area contributed by atoms with Crippen LogP contribution >= 0.6 is 0 Å². The first-order valence-corrected chi connectivity index (χ1v) is 6.68. The largest absolute Gasteiger partial charge is 0.467 e. The fraction of sp³-hybridized carbons (Fsp3) is 0.733. The van der Waals surface area contributed by atoms with Gasteiger partial charge in [-0.1, -0.05) is 6.92 Å². The number of hydrogen-bond acceptors (Lipinski definition) is 3. The van der Waals surface area contributed by atoms with Crippen LogP contribution in [0.4, 0.5) is 0 Å². The Labute approximate surface area is 111 Å². The minimum atomic E-state index is -0.0957. The zero-order valence-electron chi connectivity index (χ0n) is 12.6. The summed E-state index contributed by atoms with van der Waals surface area (Å²) in [6, 6.07) is 2.01. The smallest absolute Gasteiger partial charge is 0.133 e. The monoisotopic (exact) mass is 253 g/mol. The topological polar surface area (TPSA) is 34.4 Å². The number of rotatable bonds is 6. The van der Waals surface area contributed by atoms with E-state index in [2.05, 4.69) is 46.9 Å². The average Bonchev–Trinajstić information content (AvgIpc) is 2.70. The summed E-state index contributed by atoms with van der Waals surface area (Å²) in [6.07, 6.45) is 2.72. The Morgan fingerprint density at radius 3 is 2.44 bits per heavy atom. The Morgan fingerprint density at radius 1 is 1.22 bits per heavy atom. The quantitative estimate of drug-likeness (QED) is 0.835. The lowest BCUT2D eigenvalue weighted by atomic mass is 10.1. The van der Waals surface area contributed by atoms with Crippen LogP contribution in [0.3, 0.4) is 0 Å². The van der Waals surface area contributed by atoms with E-state index in [-0.39, 0.29) is 11.1 Å². The van der Waals surface area contributed by atoms with Crippen LogP contribution in [0.15, 0.2) is 16.7 Å². The van der Waals surface area contributed by atoms with Crippen molar-refractivity contribution in [3.8, 4) is 0 Å². The van der Waals surface area contributed by atoms with E-state index >= 15 is 0 Å². The molecule has 0 aliphatic heterocycles. The van der Waals surface area contributed by atoms with Crippen molar-refractivity contribution in [2.24, 2.45) is 0 Å². The molecule has 0 fully saturated rings. The minimum absolute atomic E-state index is 0.0957. The molecule has 0 unspecified atom stereocenters. The number of nitrogens with one attached hydrogen (secondary N) is 1. The summed E-state index contributed by atoms with van der Waals surface area (Å²) >= 11 is 0. The molecular weight excluding hydrogens is 226 g/mol. The second-order valence-corrected chi connectivity index (χ2v) is 6.37. The summed E-state index contributed by atoms with van der Waals surface area (Å²) in [5.41, 5.74) is 1.19. The summed E-state index contributed by atoms with van der Waals surface area (Å²) in [7, 11) is 0. The molecule has 1 aromatic rings. The van der Waals surface area contributed by atoms with E-state index in [1.807, 2.05) is 6.07 Å². The van der Waals surface area contributed by atoms with Crippen molar-refractivity contribution in [1.29, 1.82) is 0 Å². The summed E-state index contributed by atoms with van der Waals surface area (Å²) < 4.78 is 11.4. The highest BCUT2D eigenvalue weighted by Crippen LogP contribution is 2.19. The van der Waals surface area contributed by atoms with Crippen molar-refractivity contribution < 1.29 is 9.15 Å². The summed E-state index contributed by atoms with van der Waals surface area (Å²) in [5, 5.41) is 3.46. The Hall–Kier alpha value is -0.800. The fourth-order valence-corrected chi connectivity index (χ4v) is 1.37. The third kappa shape index (κ3) is 5.23. The van der Waals surface area contributed by atoms with Crippen molar-refractivity contribution in [3.63, 3.8) is 0 Å². The van der Waals surface area contributed by atoms with Crippen LogP contribution in [0.1, 0.15) is 59.3 Å². The SMILES string of the molecule is CCC(C)(C)OCc1occc1CNC(C)(C)C. The van der Waals surface area contributed by atoms with Crippen molar-refractivity contribution in [2.45, 2.75) is 72.3 Å². The van der Waals surface area contributed by atoms with Gasteiger partial charge in [0.15, 0.2) is 0 Å². The van der Waals surface area contributed by atoms with Gasteiger partial charge in [-0.3, -0.25) is 0 Å². The van der Waals surface area contributed by atoms with E-state index in [1.165, 1.54) is 5.56 Å². The van der Waals surface area contributed by atoms with Crippen molar-refractivity contribution in [2.75, 3.05) is 0 Å². The van der Waals surface area contributed by atoms with E-state index in [0.717, 1.165) is 18.7 Å². The standard InChI is InChI=1S/C15H27NO2/c1-7-15(5,6)18-11-13-12(8-9-17-13)10-16-14(2,3)4/h8-9,16H,7,10-11H2,1-6H3. The lowest BCUT2D eigenvalue weighted by Gasteiger charge is -2.23. The summed E-state index contributed by atoms with van der Waals surface area (Å²) in [4.78, 5) is 0. The van der Waals surface area contributed by atoms with Crippen LogP contribution < -0.4 is 5.32 Å². The van der Waals surface area contributed by atoms with Crippen molar-refractivity contribution >= 4 is 0 Å². The predicted octanol–water partition coefficient (Wildman–Crippen LogP) is 3.87. The molecule has 0 amide bonds. The zero-order valence-corrected chi connectivity index (χ0v) is 12.6. The molecule has 1 N–H and O–H groups in total. The van der Waals surface area contributed by atoms with Gasteiger partial charge >= 0.3 is 0 Å².